The SMILES string of the molecule is COc1ccc(C(=O)NC(C)CCSC)cc1O. The molecule has 0 aliphatic rings. The number of carbonyl (C=O) groups excluding carboxylic acids is 1. The second kappa shape index (κ2) is 7.16. The van der Waals surface area contributed by atoms with E-state index in [0.29, 0.717) is 11.3 Å². The third-order valence-corrected chi connectivity index (χ3v) is 3.22. The fourth-order valence-corrected chi connectivity index (χ4v) is 2.09. The van der Waals surface area contributed by atoms with Crippen LogP contribution in [0.4, 0.5) is 0 Å². The van der Waals surface area contributed by atoms with Gasteiger partial charge in [0.1, 0.15) is 0 Å². The number of benzene rings is 1. The molecule has 0 radical (unpaired) electrons. The smallest absolute Gasteiger partial charge is 0.251 e. The van der Waals surface area contributed by atoms with Crippen LogP contribution in [0.25, 0.3) is 0 Å². The summed E-state index contributed by atoms with van der Waals surface area (Å²) in [7, 11) is 1.47. The average Bonchev–Trinajstić information content (AvgIpc) is 2.36. The first-order chi connectivity index (χ1) is 8.58. The Bertz CT molecular complexity index is 409. The van der Waals surface area contributed by atoms with Gasteiger partial charge in [-0.2, -0.15) is 11.8 Å². The predicted molar refractivity (Wildman–Crippen MR) is 74.6 cm³/mol. The molecule has 0 aromatic heterocycles. The van der Waals surface area contributed by atoms with Gasteiger partial charge in [0, 0.05) is 11.6 Å². The van der Waals surface area contributed by atoms with Crippen LogP contribution in [0.2, 0.25) is 0 Å². The largest absolute Gasteiger partial charge is 0.504 e. The highest BCUT2D eigenvalue weighted by Crippen LogP contribution is 2.26. The molecule has 0 bridgehead atoms. The summed E-state index contributed by atoms with van der Waals surface area (Å²) >= 11 is 1.75. The van der Waals surface area contributed by atoms with E-state index in [9.17, 15) is 9.90 Å². The summed E-state index contributed by atoms with van der Waals surface area (Å²) in [5, 5.41) is 12.5. The number of thioether (sulfide) groups is 1. The molecule has 0 saturated heterocycles. The number of rotatable bonds is 6. The van der Waals surface area contributed by atoms with E-state index in [2.05, 4.69) is 5.32 Å². The van der Waals surface area contributed by atoms with E-state index in [0.717, 1.165) is 12.2 Å². The first-order valence-corrected chi connectivity index (χ1v) is 7.14. The highest BCUT2D eigenvalue weighted by molar-refractivity contribution is 7.98. The van der Waals surface area contributed by atoms with Gasteiger partial charge in [-0.1, -0.05) is 0 Å². The number of aromatic hydroxyl groups is 1. The van der Waals surface area contributed by atoms with Gasteiger partial charge in [-0.25, -0.2) is 0 Å². The Morgan fingerprint density at radius 2 is 2.28 bits per heavy atom. The fraction of sp³-hybridized carbons (Fsp3) is 0.462. The zero-order valence-electron chi connectivity index (χ0n) is 10.9. The molecule has 0 spiro atoms. The molecule has 0 fully saturated rings. The first-order valence-electron chi connectivity index (χ1n) is 5.75. The number of ether oxygens (including phenoxy) is 1. The Morgan fingerprint density at radius 3 is 2.83 bits per heavy atom. The second-order valence-electron chi connectivity index (χ2n) is 4.04. The summed E-state index contributed by atoms with van der Waals surface area (Å²) < 4.78 is 4.93. The van der Waals surface area contributed by atoms with Crippen molar-refractivity contribution in [3.63, 3.8) is 0 Å². The van der Waals surface area contributed by atoms with Gasteiger partial charge in [0.15, 0.2) is 11.5 Å². The predicted octanol–water partition coefficient (Wildman–Crippen LogP) is 2.27. The van der Waals surface area contributed by atoms with Crippen molar-refractivity contribution in [2.45, 2.75) is 19.4 Å². The lowest BCUT2D eigenvalue weighted by Crippen LogP contribution is -2.32. The zero-order chi connectivity index (χ0) is 13.5. The van der Waals surface area contributed by atoms with E-state index in [1.807, 2.05) is 13.2 Å². The van der Waals surface area contributed by atoms with Crippen molar-refractivity contribution < 1.29 is 14.6 Å². The van der Waals surface area contributed by atoms with Crippen LogP contribution in [0.1, 0.15) is 23.7 Å². The molecule has 5 heteroatoms. The maximum Gasteiger partial charge on any atom is 0.251 e. The maximum atomic E-state index is 11.9. The van der Waals surface area contributed by atoms with Gasteiger partial charge in [-0.3, -0.25) is 4.79 Å². The van der Waals surface area contributed by atoms with Crippen molar-refractivity contribution in [3.05, 3.63) is 23.8 Å². The van der Waals surface area contributed by atoms with E-state index in [1.165, 1.54) is 13.2 Å². The molecule has 18 heavy (non-hydrogen) atoms. The first kappa shape index (κ1) is 14.7. The van der Waals surface area contributed by atoms with Gasteiger partial charge in [-0.05, 0) is 43.6 Å². The molecule has 1 amide bonds. The molecule has 100 valence electrons. The van der Waals surface area contributed by atoms with E-state index < -0.39 is 0 Å². The van der Waals surface area contributed by atoms with Crippen molar-refractivity contribution in [2.75, 3.05) is 19.1 Å². The van der Waals surface area contributed by atoms with Crippen LogP contribution in [0.3, 0.4) is 0 Å². The van der Waals surface area contributed by atoms with Crippen LogP contribution < -0.4 is 10.1 Å². The normalized spacial score (nSPS) is 11.9. The minimum absolute atomic E-state index is 0.0260. The number of hydrogen-bond acceptors (Lipinski definition) is 4. The van der Waals surface area contributed by atoms with E-state index >= 15 is 0 Å². The second-order valence-corrected chi connectivity index (χ2v) is 5.03. The number of nitrogens with one attached hydrogen (secondary N) is 1. The van der Waals surface area contributed by atoms with E-state index in [-0.39, 0.29) is 17.7 Å². The number of amides is 1. The van der Waals surface area contributed by atoms with Crippen LogP contribution in [0.15, 0.2) is 18.2 Å². The summed E-state index contributed by atoms with van der Waals surface area (Å²) in [5.74, 6) is 1.17. The lowest BCUT2D eigenvalue weighted by molar-refractivity contribution is 0.0939. The van der Waals surface area contributed by atoms with Crippen LogP contribution in [-0.2, 0) is 0 Å². The molecule has 1 aromatic rings. The monoisotopic (exact) mass is 269 g/mol. The van der Waals surface area contributed by atoms with E-state index in [1.54, 1.807) is 23.9 Å². The molecule has 2 N–H and O–H groups in total. The van der Waals surface area contributed by atoms with Gasteiger partial charge in [0.2, 0.25) is 0 Å². The maximum absolute atomic E-state index is 11.9. The van der Waals surface area contributed by atoms with Crippen molar-refractivity contribution in [2.24, 2.45) is 0 Å². The number of hydrogen-bond donors (Lipinski definition) is 2. The topological polar surface area (TPSA) is 58.6 Å². The third kappa shape index (κ3) is 4.14. The minimum atomic E-state index is -0.179. The summed E-state index contributed by atoms with van der Waals surface area (Å²) in [6.45, 7) is 1.97. The highest BCUT2D eigenvalue weighted by atomic mass is 32.2. The molecule has 1 rings (SSSR count). The van der Waals surface area contributed by atoms with E-state index in [4.69, 9.17) is 4.74 Å². The number of carbonyl (C=O) groups is 1. The van der Waals surface area contributed by atoms with Gasteiger partial charge in [0.25, 0.3) is 5.91 Å². The molecule has 1 unspecified atom stereocenters. The third-order valence-electron chi connectivity index (χ3n) is 2.57. The van der Waals surface area contributed by atoms with Crippen molar-refractivity contribution in [1.29, 1.82) is 0 Å². The van der Waals surface area contributed by atoms with Crippen LogP contribution in [0, 0.1) is 0 Å². The molecule has 1 aromatic carbocycles. The molecule has 1 atom stereocenters. The van der Waals surface area contributed by atoms with Crippen molar-refractivity contribution in [1.82, 2.24) is 5.32 Å². The Morgan fingerprint density at radius 1 is 1.56 bits per heavy atom. The minimum Gasteiger partial charge on any atom is -0.504 e. The number of phenolic OH excluding ortho intramolecular Hbond substituents is 1. The summed E-state index contributed by atoms with van der Waals surface area (Å²) in [5.41, 5.74) is 0.435. The molecular formula is C13H19NO3S. The average molecular weight is 269 g/mol. The van der Waals surface area contributed by atoms with Gasteiger partial charge in [0.05, 0.1) is 7.11 Å². The molecule has 0 aliphatic heterocycles. The van der Waals surface area contributed by atoms with Crippen LogP contribution >= 0.6 is 11.8 Å². The summed E-state index contributed by atoms with van der Waals surface area (Å²) in [4.78, 5) is 11.9. The Balaban J connectivity index is 2.64. The zero-order valence-corrected chi connectivity index (χ0v) is 11.7. The number of methoxy groups -OCH3 is 1. The van der Waals surface area contributed by atoms with Crippen LogP contribution in [-0.4, -0.2) is 36.2 Å². The highest BCUT2D eigenvalue weighted by Gasteiger charge is 2.11. The Hall–Kier alpha value is -1.36. The van der Waals surface area contributed by atoms with Gasteiger partial charge < -0.3 is 15.2 Å². The lowest BCUT2D eigenvalue weighted by atomic mass is 10.1. The summed E-state index contributed by atoms with van der Waals surface area (Å²) in [6, 6.07) is 4.75. The summed E-state index contributed by atoms with van der Waals surface area (Å²) in [6.07, 6.45) is 2.96. The molecule has 0 heterocycles. The Labute approximate surface area is 112 Å². The van der Waals surface area contributed by atoms with Crippen LogP contribution in [0.5, 0.6) is 11.5 Å². The molecular weight excluding hydrogens is 250 g/mol. The van der Waals surface area contributed by atoms with Crippen molar-refractivity contribution >= 4 is 17.7 Å². The molecule has 4 nitrogen and oxygen atoms in total. The standard InChI is InChI=1S/C13H19NO3S/c1-9(6-7-18-3)14-13(16)10-4-5-12(17-2)11(15)8-10/h4-5,8-9,15H,6-7H2,1-3H3,(H,14,16). The lowest BCUT2D eigenvalue weighted by Gasteiger charge is -2.13. The quantitative estimate of drug-likeness (QED) is 0.832. The fourth-order valence-electron chi connectivity index (χ4n) is 1.51. The van der Waals surface area contributed by atoms with Crippen molar-refractivity contribution in [3.8, 4) is 11.5 Å². The van der Waals surface area contributed by atoms with Gasteiger partial charge >= 0.3 is 0 Å². The van der Waals surface area contributed by atoms with Gasteiger partial charge in [-0.15, -0.1) is 0 Å². The Kier molecular flexibility index (Phi) is 5.85. The molecule has 0 saturated carbocycles. The number of phenols is 1. The molecule has 0 aliphatic carbocycles.